The summed E-state index contributed by atoms with van der Waals surface area (Å²) in [6, 6.07) is 0. The maximum absolute atomic E-state index is 6.37. The Hall–Kier alpha value is -1.36. The van der Waals surface area contributed by atoms with Gasteiger partial charge in [-0.1, -0.05) is 19.3 Å². The molecule has 1 aliphatic rings. The third kappa shape index (κ3) is 2.34. The van der Waals surface area contributed by atoms with Crippen LogP contribution in [-0.2, 0) is 5.54 Å². The molecule has 2 rings (SSSR count). The zero-order valence-corrected chi connectivity index (χ0v) is 10.4. The molecule has 0 aliphatic heterocycles. The summed E-state index contributed by atoms with van der Waals surface area (Å²) in [6.07, 6.45) is 7.00. The minimum absolute atomic E-state index is 0.405. The fourth-order valence-electron chi connectivity index (χ4n) is 2.29. The molecule has 0 unspecified atom stereocenters. The number of aromatic nitrogens is 2. The summed E-state index contributed by atoms with van der Waals surface area (Å²) in [5, 5.41) is 0. The molecule has 5 heteroatoms. The molecular formula is C12H19N3O2. The van der Waals surface area contributed by atoms with Crippen molar-refractivity contribution in [2.24, 2.45) is 5.73 Å². The van der Waals surface area contributed by atoms with Gasteiger partial charge in [0.25, 0.3) is 5.88 Å². The predicted octanol–water partition coefficient (Wildman–Crippen LogP) is 1.61. The smallest absolute Gasteiger partial charge is 0.260 e. The van der Waals surface area contributed by atoms with Gasteiger partial charge < -0.3 is 15.2 Å². The zero-order valence-electron chi connectivity index (χ0n) is 10.4. The number of nitrogens with two attached hydrogens (primary N) is 1. The average Bonchev–Trinajstić information content (AvgIpc) is 2.38. The van der Waals surface area contributed by atoms with Crippen LogP contribution in [0.5, 0.6) is 11.6 Å². The molecule has 1 aromatic heterocycles. The van der Waals surface area contributed by atoms with Crippen LogP contribution in [0.15, 0.2) is 6.20 Å². The van der Waals surface area contributed by atoms with Crippen LogP contribution in [0, 0.1) is 0 Å². The van der Waals surface area contributed by atoms with Gasteiger partial charge in [-0.15, -0.1) is 0 Å². The fraction of sp³-hybridized carbons (Fsp3) is 0.667. The lowest BCUT2D eigenvalue weighted by Crippen LogP contribution is -2.40. The van der Waals surface area contributed by atoms with Gasteiger partial charge in [0.05, 0.1) is 26.0 Å². The topological polar surface area (TPSA) is 70.3 Å². The number of hydrogen-bond acceptors (Lipinski definition) is 5. The van der Waals surface area contributed by atoms with E-state index in [1.165, 1.54) is 6.42 Å². The third-order valence-corrected chi connectivity index (χ3v) is 3.33. The summed E-state index contributed by atoms with van der Waals surface area (Å²) in [5.41, 5.74) is 5.97. The molecule has 17 heavy (non-hydrogen) atoms. The summed E-state index contributed by atoms with van der Waals surface area (Å²) in [4.78, 5) is 8.69. The lowest BCUT2D eigenvalue weighted by Gasteiger charge is -2.31. The molecule has 0 bridgehead atoms. The average molecular weight is 237 g/mol. The maximum Gasteiger partial charge on any atom is 0.260 e. The number of methoxy groups -OCH3 is 2. The van der Waals surface area contributed by atoms with Gasteiger partial charge in [0.2, 0.25) is 0 Å². The lowest BCUT2D eigenvalue weighted by molar-refractivity contribution is 0.277. The molecule has 1 aromatic rings. The highest BCUT2D eigenvalue weighted by Gasteiger charge is 2.33. The Morgan fingerprint density at radius 2 is 1.88 bits per heavy atom. The van der Waals surface area contributed by atoms with E-state index in [-0.39, 0.29) is 0 Å². The van der Waals surface area contributed by atoms with Gasteiger partial charge in [0, 0.05) is 0 Å². The van der Waals surface area contributed by atoms with Crippen LogP contribution >= 0.6 is 0 Å². The van der Waals surface area contributed by atoms with Crippen LogP contribution < -0.4 is 15.2 Å². The highest BCUT2D eigenvalue weighted by atomic mass is 16.5. The van der Waals surface area contributed by atoms with Gasteiger partial charge >= 0.3 is 0 Å². The molecule has 0 amide bonds. The molecule has 1 fully saturated rings. The SMILES string of the molecule is COc1cnc(C2(N)CCCCC2)nc1OC. The van der Waals surface area contributed by atoms with Gasteiger partial charge in [0.15, 0.2) is 11.6 Å². The van der Waals surface area contributed by atoms with Crippen molar-refractivity contribution < 1.29 is 9.47 Å². The molecule has 0 spiro atoms. The van der Waals surface area contributed by atoms with Crippen molar-refractivity contribution in [3.63, 3.8) is 0 Å². The maximum atomic E-state index is 6.37. The van der Waals surface area contributed by atoms with Gasteiger partial charge in [0.1, 0.15) is 0 Å². The van der Waals surface area contributed by atoms with E-state index in [9.17, 15) is 0 Å². The van der Waals surface area contributed by atoms with Crippen molar-refractivity contribution in [2.75, 3.05) is 14.2 Å². The highest BCUT2D eigenvalue weighted by Crippen LogP contribution is 2.34. The number of nitrogens with zero attached hydrogens (tertiary/aromatic N) is 2. The van der Waals surface area contributed by atoms with E-state index in [2.05, 4.69) is 9.97 Å². The van der Waals surface area contributed by atoms with Crippen molar-refractivity contribution >= 4 is 0 Å². The van der Waals surface area contributed by atoms with Crippen LogP contribution in [0.4, 0.5) is 0 Å². The molecule has 0 radical (unpaired) electrons. The van der Waals surface area contributed by atoms with Gasteiger partial charge in [-0.2, -0.15) is 4.98 Å². The number of rotatable bonds is 3. The molecule has 1 aliphatic carbocycles. The number of ether oxygens (including phenoxy) is 2. The molecule has 0 aromatic carbocycles. The summed E-state index contributed by atoms with van der Waals surface area (Å²) >= 11 is 0. The first-order valence-electron chi connectivity index (χ1n) is 5.94. The van der Waals surface area contributed by atoms with Crippen molar-refractivity contribution in [1.29, 1.82) is 0 Å². The van der Waals surface area contributed by atoms with Crippen LogP contribution in [0.2, 0.25) is 0 Å². The van der Waals surface area contributed by atoms with E-state index in [1.807, 2.05) is 0 Å². The molecule has 0 atom stereocenters. The molecule has 5 nitrogen and oxygen atoms in total. The second kappa shape index (κ2) is 4.87. The third-order valence-electron chi connectivity index (χ3n) is 3.33. The van der Waals surface area contributed by atoms with Crippen molar-refractivity contribution in [3.05, 3.63) is 12.0 Å². The first kappa shape index (κ1) is 12.1. The van der Waals surface area contributed by atoms with Crippen LogP contribution in [0.3, 0.4) is 0 Å². The normalized spacial score (nSPS) is 18.8. The van der Waals surface area contributed by atoms with Crippen LogP contribution in [0.25, 0.3) is 0 Å². The summed E-state index contributed by atoms with van der Waals surface area (Å²) < 4.78 is 10.3. The van der Waals surface area contributed by atoms with E-state index in [0.29, 0.717) is 17.5 Å². The van der Waals surface area contributed by atoms with E-state index < -0.39 is 5.54 Å². The molecule has 1 saturated carbocycles. The van der Waals surface area contributed by atoms with E-state index in [4.69, 9.17) is 15.2 Å². The van der Waals surface area contributed by atoms with E-state index in [0.717, 1.165) is 25.7 Å². The minimum Gasteiger partial charge on any atom is -0.490 e. The Kier molecular flexibility index (Phi) is 3.47. The highest BCUT2D eigenvalue weighted by molar-refractivity contribution is 5.31. The van der Waals surface area contributed by atoms with E-state index >= 15 is 0 Å². The zero-order chi connectivity index (χ0) is 12.3. The molecule has 94 valence electrons. The van der Waals surface area contributed by atoms with Crippen LogP contribution in [-0.4, -0.2) is 24.2 Å². The number of hydrogen-bond donors (Lipinski definition) is 1. The minimum atomic E-state index is -0.405. The predicted molar refractivity (Wildman–Crippen MR) is 64.1 cm³/mol. The Bertz CT molecular complexity index is 389. The Morgan fingerprint density at radius 3 is 2.47 bits per heavy atom. The largest absolute Gasteiger partial charge is 0.490 e. The lowest BCUT2D eigenvalue weighted by atomic mass is 9.82. The second-order valence-corrected chi connectivity index (χ2v) is 4.49. The van der Waals surface area contributed by atoms with E-state index in [1.54, 1.807) is 20.4 Å². The van der Waals surface area contributed by atoms with Crippen molar-refractivity contribution in [1.82, 2.24) is 9.97 Å². The molecule has 2 N–H and O–H groups in total. The summed E-state index contributed by atoms with van der Waals surface area (Å²) in [7, 11) is 3.14. The van der Waals surface area contributed by atoms with Crippen LogP contribution in [0.1, 0.15) is 37.9 Å². The Labute approximate surface area is 101 Å². The molecule has 1 heterocycles. The Morgan fingerprint density at radius 1 is 1.18 bits per heavy atom. The Balaban J connectivity index is 2.32. The standard InChI is InChI=1S/C12H19N3O2/c1-16-9-8-14-11(15-10(9)17-2)12(13)6-4-3-5-7-12/h8H,3-7,13H2,1-2H3. The van der Waals surface area contributed by atoms with Gasteiger partial charge in [-0.25, -0.2) is 4.98 Å². The first-order chi connectivity index (χ1) is 8.19. The van der Waals surface area contributed by atoms with Gasteiger partial charge in [-0.05, 0) is 12.8 Å². The van der Waals surface area contributed by atoms with Crippen molar-refractivity contribution in [2.45, 2.75) is 37.6 Å². The molecular weight excluding hydrogens is 218 g/mol. The second-order valence-electron chi connectivity index (χ2n) is 4.49. The summed E-state index contributed by atoms with van der Waals surface area (Å²) in [5.74, 6) is 1.65. The quantitative estimate of drug-likeness (QED) is 0.864. The van der Waals surface area contributed by atoms with Crippen molar-refractivity contribution in [3.8, 4) is 11.6 Å². The van der Waals surface area contributed by atoms with Gasteiger partial charge in [-0.3, -0.25) is 0 Å². The fourth-order valence-corrected chi connectivity index (χ4v) is 2.29. The monoisotopic (exact) mass is 237 g/mol. The first-order valence-corrected chi connectivity index (χ1v) is 5.94. The summed E-state index contributed by atoms with van der Waals surface area (Å²) in [6.45, 7) is 0. The molecule has 0 saturated heterocycles.